The fourth-order valence-corrected chi connectivity index (χ4v) is 3.41. The van der Waals surface area contributed by atoms with E-state index in [1.807, 2.05) is 6.92 Å². The molecule has 0 aromatic heterocycles. The van der Waals surface area contributed by atoms with Crippen molar-refractivity contribution in [3.8, 4) is 11.1 Å². The van der Waals surface area contributed by atoms with Crippen LogP contribution in [0, 0.1) is 23.4 Å². The predicted octanol–water partition coefficient (Wildman–Crippen LogP) is 6.21. The molecular formula is C21H23F3O. The molecular weight excluding hydrogens is 325 g/mol. The summed E-state index contributed by atoms with van der Waals surface area (Å²) in [6.07, 6.45) is 2.81. The van der Waals surface area contributed by atoms with Crippen molar-refractivity contribution in [2.24, 2.45) is 5.92 Å². The molecule has 2 aromatic rings. The Morgan fingerprint density at radius 2 is 1.80 bits per heavy atom. The zero-order chi connectivity index (χ0) is 18.0. The van der Waals surface area contributed by atoms with Gasteiger partial charge in [0.25, 0.3) is 0 Å². The number of halogens is 3. The van der Waals surface area contributed by atoms with E-state index >= 15 is 0 Å². The molecule has 0 N–H and O–H groups in total. The van der Waals surface area contributed by atoms with Crippen molar-refractivity contribution in [1.82, 2.24) is 0 Å². The van der Waals surface area contributed by atoms with E-state index in [1.54, 1.807) is 18.2 Å². The normalized spacial score (nSPS) is 20.7. The summed E-state index contributed by atoms with van der Waals surface area (Å²) in [7, 11) is 0. The van der Waals surface area contributed by atoms with Crippen molar-refractivity contribution in [3.63, 3.8) is 0 Å². The molecule has 4 heteroatoms. The summed E-state index contributed by atoms with van der Waals surface area (Å²) in [4.78, 5) is 0. The van der Waals surface area contributed by atoms with Gasteiger partial charge in [-0.25, -0.2) is 13.2 Å². The average molecular weight is 348 g/mol. The zero-order valence-electron chi connectivity index (χ0n) is 14.6. The first kappa shape index (κ1) is 18.0. The van der Waals surface area contributed by atoms with E-state index in [2.05, 4.69) is 6.92 Å². The number of rotatable bonds is 4. The Labute approximate surface area is 146 Å². The number of ether oxygens (including phenoxy) is 1. The van der Waals surface area contributed by atoms with Gasteiger partial charge >= 0.3 is 0 Å². The predicted molar refractivity (Wildman–Crippen MR) is 92.8 cm³/mol. The van der Waals surface area contributed by atoms with E-state index in [0.717, 1.165) is 12.8 Å². The smallest absolute Gasteiger partial charge is 0.167 e. The van der Waals surface area contributed by atoms with Crippen molar-refractivity contribution >= 4 is 0 Å². The minimum Gasteiger partial charge on any atom is -0.373 e. The topological polar surface area (TPSA) is 9.23 Å². The third-order valence-corrected chi connectivity index (χ3v) is 5.15. The van der Waals surface area contributed by atoms with Crippen LogP contribution in [0.5, 0.6) is 0 Å². The van der Waals surface area contributed by atoms with E-state index < -0.39 is 23.6 Å². The highest BCUT2D eigenvalue weighted by Crippen LogP contribution is 2.36. The van der Waals surface area contributed by atoms with Crippen LogP contribution in [0.2, 0.25) is 0 Å². The van der Waals surface area contributed by atoms with Gasteiger partial charge in [-0.05, 0) is 42.4 Å². The Kier molecular flexibility index (Phi) is 5.48. The molecule has 2 atom stereocenters. The summed E-state index contributed by atoms with van der Waals surface area (Å²) >= 11 is 0. The van der Waals surface area contributed by atoms with E-state index in [1.165, 1.54) is 12.1 Å². The lowest BCUT2D eigenvalue weighted by atomic mass is 9.91. The fraction of sp³-hybridized carbons (Fsp3) is 0.429. The summed E-state index contributed by atoms with van der Waals surface area (Å²) in [5, 5.41) is 0. The SMILES string of the molecule is CCc1ccc(-c2ccc(C3CCC(CC)CO3)c(F)c2F)cc1F. The highest BCUT2D eigenvalue weighted by atomic mass is 19.2. The van der Waals surface area contributed by atoms with Crippen molar-refractivity contribution < 1.29 is 17.9 Å². The lowest BCUT2D eigenvalue weighted by Gasteiger charge is -2.29. The number of hydrogen-bond donors (Lipinski definition) is 0. The molecule has 0 radical (unpaired) electrons. The van der Waals surface area contributed by atoms with Gasteiger partial charge in [-0.15, -0.1) is 0 Å². The highest BCUT2D eigenvalue weighted by molar-refractivity contribution is 5.65. The second-order valence-corrected chi connectivity index (χ2v) is 6.66. The molecule has 1 aliphatic heterocycles. The maximum Gasteiger partial charge on any atom is 0.167 e. The van der Waals surface area contributed by atoms with Gasteiger partial charge in [0.1, 0.15) is 5.82 Å². The van der Waals surface area contributed by atoms with E-state index in [-0.39, 0.29) is 11.1 Å². The van der Waals surface area contributed by atoms with E-state index in [0.29, 0.717) is 36.5 Å². The Morgan fingerprint density at radius 3 is 2.40 bits per heavy atom. The Balaban J connectivity index is 1.89. The summed E-state index contributed by atoms with van der Waals surface area (Å²) in [5.41, 5.74) is 1.22. The van der Waals surface area contributed by atoms with Crippen molar-refractivity contribution in [1.29, 1.82) is 0 Å². The monoisotopic (exact) mass is 348 g/mol. The van der Waals surface area contributed by atoms with Crippen LogP contribution in [0.25, 0.3) is 11.1 Å². The van der Waals surface area contributed by atoms with Gasteiger partial charge in [0, 0.05) is 11.1 Å². The standard InChI is InChI=1S/C21H23F3O/c1-3-13-5-10-19(25-12-13)17-9-8-16(20(23)21(17)24)15-7-6-14(4-2)18(22)11-15/h6-9,11,13,19H,3-5,10,12H2,1-2H3. The lowest BCUT2D eigenvalue weighted by Crippen LogP contribution is -2.21. The summed E-state index contributed by atoms with van der Waals surface area (Å²) in [6.45, 7) is 4.53. The van der Waals surface area contributed by atoms with Crippen molar-refractivity contribution in [2.75, 3.05) is 6.61 Å². The van der Waals surface area contributed by atoms with Crippen LogP contribution in [0.4, 0.5) is 13.2 Å². The highest BCUT2D eigenvalue weighted by Gasteiger charge is 2.26. The second kappa shape index (κ2) is 7.61. The van der Waals surface area contributed by atoms with Crippen LogP contribution in [0.3, 0.4) is 0 Å². The van der Waals surface area contributed by atoms with E-state index in [9.17, 15) is 13.2 Å². The van der Waals surface area contributed by atoms with Gasteiger partial charge in [0.15, 0.2) is 11.6 Å². The molecule has 1 fully saturated rings. The van der Waals surface area contributed by atoms with Crippen LogP contribution in [0.15, 0.2) is 30.3 Å². The Hall–Kier alpha value is -1.81. The third kappa shape index (κ3) is 3.59. The molecule has 1 saturated heterocycles. The van der Waals surface area contributed by atoms with Gasteiger partial charge in [-0.1, -0.05) is 44.5 Å². The van der Waals surface area contributed by atoms with Crippen molar-refractivity contribution in [2.45, 2.75) is 45.6 Å². The van der Waals surface area contributed by atoms with Gasteiger partial charge in [0.2, 0.25) is 0 Å². The maximum absolute atomic E-state index is 14.6. The summed E-state index contributed by atoms with van der Waals surface area (Å²) < 4.78 is 48.9. The molecule has 0 spiro atoms. The molecule has 0 aliphatic carbocycles. The van der Waals surface area contributed by atoms with Crippen LogP contribution in [0.1, 0.15) is 50.3 Å². The van der Waals surface area contributed by atoms with Gasteiger partial charge in [-0.3, -0.25) is 0 Å². The minimum atomic E-state index is -0.942. The first-order chi connectivity index (χ1) is 12.0. The van der Waals surface area contributed by atoms with Crippen LogP contribution in [-0.4, -0.2) is 6.61 Å². The largest absolute Gasteiger partial charge is 0.373 e. The molecule has 1 heterocycles. The average Bonchev–Trinajstić information content (AvgIpc) is 2.64. The van der Waals surface area contributed by atoms with Crippen molar-refractivity contribution in [3.05, 3.63) is 58.9 Å². The van der Waals surface area contributed by atoms with E-state index in [4.69, 9.17) is 4.74 Å². The summed E-state index contributed by atoms with van der Waals surface area (Å²) in [6, 6.07) is 7.59. The fourth-order valence-electron chi connectivity index (χ4n) is 3.41. The molecule has 2 aromatic carbocycles. The Bertz CT molecular complexity index is 749. The van der Waals surface area contributed by atoms with Gasteiger partial charge < -0.3 is 4.74 Å². The number of hydrogen-bond acceptors (Lipinski definition) is 1. The third-order valence-electron chi connectivity index (χ3n) is 5.15. The molecule has 0 bridgehead atoms. The maximum atomic E-state index is 14.6. The molecule has 3 rings (SSSR count). The number of aryl methyl sites for hydroxylation is 1. The number of benzene rings is 2. The molecule has 0 saturated carbocycles. The first-order valence-electron chi connectivity index (χ1n) is 8.93. The quantitative estimate of drug-likeness (QED) is 0.638. The van der Waals surface area contributed by atoms with Crippen LogP contribution >= 0.6 is 0 Å². The molecule has 2 unspecified atom stereocenters. The molecule has 1 nitrogen and oxygen atoms in total. The van der Waals surface area contributed by atoms with Crippen LogP contribution < -0.4 is 0 Å². The minimum absolute atomic E-state index is 0.0741. The lowest BCUT2D eigenvalue weighted by molar-refractivity contribution is -0.0200. The van der Waals surface area contributed by atoms with Gasteiger partial charge in [0.05, 0.1) is 12.7 Å². The molecule has 134 valence electrons. The van der Waals surface area contributed by atoms with Crippen LogP contribution in [-0.2, 0) is 11.2 Å². The van der Waals surface area contributed by atoms with Gasteiger partial charge in [-0.2, -0.15) is 0 Å². The molecule has 1 aliphatic rings. The Morgan fingerprint density at radius 1 is 1.00 bits per heavy atom. The molecule has 25 heavy (non-hydrogen) atoms. The first-order valence-corrected chi connectivity index (χ1v) is 8.93. The zero-order valence-corrected chi connectivity index (χ0v) is 14.6. The molecule has 0 amide bonds. The second-order valence-electron chi connectivity index (χ2n) is 6.66. The summed E-state index contributed by atoms with van der Waals surface area (Å²) in [5.74, 6) is -1.74.